The van der Waals surface area contributed by atoms with E-state index in [0.29, 0.717) is 0 Å². The van der Waals surface area contributed by atoms with Gasteiger partial charge in [-0.25, -0.2) is 0 Å². The number of likely N-dealkylation sites (tertiary alicyclic amines) is 1. The maximum atomic E-state index is 9.64. The van der Waals surface area contributed by atoms with Gasteiger partial charge in [-0.2, -0.15) is 5.26 Å². The molecule has 3 rings (SSSR count). The normalized spacial score (nSPS) is 28.6. The molecule has 1 aliphatic carbocycles. The van der Waals surface area contributed by atoms with Crippen LogP contribution >= 0.6 is 0 Å². The summed E-state index contributed by atoms with van der Waals surface area (Å²) >= 11 is 0. The summed E-state index contributed by atoms with van der Waals surface area (Å²) in [5.41, 5.74) is 2.61. The molecule has 2 nitrogen and oxygen atoms in total. The minimum Gasteiger partial charge on any atom is -0.285 e. The lowest BCUT2D eigenvalue weighted by Crippen LogP contribution is -2.50. The van der Waals surface area contributed by atoms with E-state index in [4.69, 9.17) is 0 Å². The lowest BCUT2D eigenvalue weighted by molar-refractivity contribution is 0.155. The zero-order valence-corrected chi connectivity index (χ0v) is 10.2. The van der Waals surface area contributed by atoms with Crippen LogP contribution in [0.4, 0.5) is 0 Å². The first-order chi connectivity index (χ1) is 8.34. The molecule has 0 N–H and O–H groups in total. The van der Waals surface area contributed by atoms with Crippen molar-refractivity contribution in [2.75, 3.05) is 13.1 Å². The summed E-state index contributed by atoms with van der Waals surface area (Å²) < 4.78 is 0. The quantitative estimate of drug-likeness (QED) is 0.735. The maximum Gasteiger partial charge on any atom is 0.113 e. The van der Waals surface area contributed by atoms with Crippen LogP contribution in [0.3, 0.4) is 0 Å². The van der Waals surface area contributed by atoms with Crippen molar-refractivity contribution in [1.82, 2.24) is 4.90 Å². The molecule has 88 valence electrons. The summed E-state index contributed by atoms with van der Waals surface area (Å²) in [7, 11) is 0. The molecule has 1 aromatic carbocycles. The summed E-state index contributed by atoms with van der Waals surface area (Å²) in [5, 5.41) is 9.64. The first kappa shape index (κ1) is 10.8. The third-order valence-electron chi connectivity index (χ3n) is 4.33. The number of hydrogen-bond donors (Lipinski definition) is 0. The molecule has 1 aromatic rings. The molecule has 2 aliphatic rings. The Balaban J connectivity index is 1.92. The lowest BCUT2D eigenvalue weighted by atomic mass is 9.78. The van der Waals surface area contributed by atoms with Crippen molar-refractivity contribution < 1.29 is 0 Å². The van der Waals surface area contributed by atoms with Gasteiger partial charge in [0.05, 0.1) is 6.07 Å². The summed E-state index contributed by atoms with van der Waals surface area (Å²) in [6, 6.07) is 11.2. The SMILES string of the molecule is N#CC1(N2CCCC2)CCc2ccccc2C1. The van der Waals surface area contributed by atoms with E-state index in [0.717, 1.165) is 32.4 Å². The van der Waals surface area contributed by atoms with Crippen LogP contribution in [-0.4, -0.2) is 23.5 Å². The Morgan fingerprint density at radius 3 is 2.53 bits per heavy atom. The van der Waals surface area contributed by atoms with Gasteiger partial charge >= 0.3 is 0 Å². The van der Waals surface area contributed by atoms with E-state index in [1.165, 1.54) is 24.0 Å². The van der Waals surface area contributed by atoms with Gasteiger partial charge in [0.15, 0.2) is 0 Å². The van der Waals surface area contributed by atoms with Gasteiger partial charge in [-0.1, -0.05) is 24.3 Å². The monoisotopic (exact) mass is 226 g/mol. The van der Waals surface area contributed by atoms with Gasteiger partial charge in [0.25, 0.3) is 0 Å². The number of nitriles is 1. The van der Waals surface area contributed by atoms with Gasteiger partial charge in [0.2, 0.25) is 0 Å². The van der Waals surface area contributed by atoms with Crippen LogP contribution in [0, 0.1) is 11.3 Å². The van der Waals surface area contributed by atoms with Gasteiger partial charge in [0.1, 0.15) is 5.54 Å². The first-order valence-corrected chi connectivity index (χ1v) is 6.57. The predicted molar refractivity (Wildman–Crippen MR) is 67.6 cm³/mol. The minimum absolute atomic E-state index is 0.217. The maximum absolute atomic E-state index is 9.64. The van der Waals surface area contributed by atoms with Crippen molar-refractivity contribution >= 4 is 0 Å². The number of aryl methyl sites for hydroxylation is 1. The minimum atomic E-state index is -0.217. The number of rotatable bonds is 1. The summed E-state index contributed by atoms with van der Waals surface area (Å²) in [5.74, 6) is 0. The van der Waals surface area contributed by atoms with Crippen LogP contribution in [0.15, 0.2) is 24.3 Å². The Morgan fingerprint density at radius 1 is 1.12 bits per heavy atom. The van der Waals surface area contributed by atoms with E-state index in [9.17, 15) is 5.26 Å². The van der Waals surface area contributed by atoms with Gasteiger partial charge < -0.3 is 0 Å². The molecule has 1 atom stereocenters. The predicted octanol–water partition coefficient (Wildman–Crippen LogP) is 2.53. The van der Waals surface area contributed by atoms with E-state index in [1.807, 2.05) is 0 Å². The molecule has 1 aliphatic heterocycles. The molecule has 0 bridgehead atoms. The largest absolute Gasteiger partial charge is 0.285 e. The van der Waals surface area contributed by atoms with Gasteiger partial charge in [-0.05, 0) is 49.9 Å². The summed E-state index contributed by atoms with van der Waals surface area (Å²) in [4.78, 5) is 2.42. The van der Waals surface area contributed by atoms with E-state index in [-0.39, 0.29) is 5.54 Å². The smallest absolute Gasteiger partial charge is 0.113 e. The topological polar surface area (TPSA) is 27.0 Å². The third-order valence-corrected chi connectivity index (χ3v) is 4.33. The average molecular weight is 226 g/mol. The van der Waals surface area contributed by atoms with E-state index in [2.05, 4.69) is 35.2 Å². The first-order valence-electron chi connectivity index (χ1n) is 6.57. The average Bonchev–Trinajstić information content (AvgIpc) is 2.92. The van der Waals surface area contributed by atoms with Crippen molar-refractivity contribution in [2.45, 2.75) is 37.6 Å². The molecule has 1 saturated heterocycles. The second-order valence-electron chi connectivity index (χ2n) is 5.28. The highest BCUT2D eigenvalue weighted by Gasteiger charge is 2.40. The molecule has 0 saturated carbocycles. The Bertz CT molecular complexity index is 454. The van der Waals surface area contributed by atoms with E-state index < -0.39 is 0 Å². The Hall–Kier alpha value is -1.33. The van der Waals surface area contributed by atoms with E-state index >= 15 is 0 Å². The fraction of sp³-hybridized carbons (Fsp3) is 0.533. The summed E-state index contributed by atoms with van der Waals surface area (Å²) in [6.45, 7) is 2.21. The van der Waals surface area contributed by atoms with Crippen LogP contribution in [0.2, 0.25) is 0 Å². The third kappa shape index (κ3) is 1.75. The van der Waals surface area contributed by atoms with Crippen LogP contribution in [0.25, 0.3) is 0 Å². The standard InChI is InChI=1S/C15H18N2/c16-12-15(17-9-3-4-10-17)8-7-13-5-1-2-6-14(13)11-15/h1-2,5-6H,3-4,7-11H2. The molecule has 1 fully saturated rings. The highest BCUT2D eigenvalue weighted by Crippen LogP contribution is 2.34. The summed E-state index contributed by atoms with van der Waals surface area (Å²) in [6.07, 6.45) is 5.48. The highest BCUT2D eigenvalue weighted by atomic mass is 15.2. The van der Waals surface area contributed by atoms with Crippen LogP contribution in [0.5, 0.6) is 0 Å². The fourth-order valence-electron chi connectivity index (χ4n) is 3.30. The highest BCUT2D eigenvalue weighted by molar-refractivity contribution is 5.35. The number of hydrogen-bond acceptors (Lipinski definition) is 2. The molecule has 1 unspecified atom stereocenters. The zero-order valence-electron chi connectivity index (χ0n) is 10.2. The molecule has 0 radical (unpaired) electrons. The van der Waals surface area contributed by atoms with Crippen LogP contribution in [0.1, 0.15) is 30.4 Å². The molecule has 0 amide bonds. The van der Waals surface area contributed by atoms with Crippen molar-refractivity contribution in [3.63, 3.8) is 0 Å². The van der Waals surface area contributed by atoms with Gasteiger partial charge in [-0.3, -0.25) is 4.90 Å². The van der Waals surface area contributed by atoms with Crippen molar-refractivity contribution in [3.05, 3.63) is 35.4 Å². The molecule has 0 aromatic heterocycles. The van der Waals surface area contributed by atoms with Crippen molar-refractivity contribution in [3.8, 4) is 6.07 Å². The molecule has 17 heavy (non-hydrogen) atoms. The molecule has 2 heteroatoms. The Kier molecular flexibility index (Phi) is 2.64. The Morgan fingerprint density at radius 2 is 1.82 bits per heavy atom. The number of benzene rings is 1. The second-order valence-corrected chi connectivity index (χ2v) is 5.28. The number of nitrogens with zero attached hydrogens (tertiary/aromatic N) is 2. The van der Waals surface area contributed by atoms with Crippen LogP contribution < -0.4 is 0 Å². The van der Waals surface area contributed by atoms with Gasteiger partial charge in [0, 0.05) is 6.42 Å². The fourth-order valence-corrected chi connectivity index (χ4v) is 3.30. The molecule has 0 spiro atoms. The lowest BCUT2D eigenvalue weighted by Gasteiger charge is -2.39. The molecule has 1 heterocycles. The number of fused-ring (bicyclic) bond motifs is 1. The van der Waals surface area contributed by atoms with Crippen molar-refractivity contribution in [2.24, 2.45) is 0 Å². The molecular weight excluding hydrogens is 208 g/mol. The Labute approximate surface area is 103 Å². The zero-order chi connectivity index (χ0) is 11.7. The van der Waals surface area contributed by atoms with E-state index in [1.54, 1.807) is 0 Å². The van der Waals surface area contributed by atoms with Crippen molar-refractivity contribution in [1.29, 1.82) is 5.26 Å². The van der Waals surface area contributed by atoms with Crippen LogP contribution in [-0.2, 0) is 12.8 Å². The molecular formula is C15H18N2. The van der Waals surface area contributed by atoms with Gasteiger partial charge in [-0.15, -0.1) is 0 Å². The second kappa shape index (κ2) is 4.16.